The van der Waals surface area contributed by atoms with Crippen molar-refractivity contribution in [3.05, 3.63) is 28.6 Å². The van der Waals surface area contributed by atoms with Crippen molar-refractivity contribution in [2.45, 2.75) is 13.3 Å². The number of rotatable bonds is 4. The number of nitrogens with zero attached hydrogens (tertiary/aromatic N) is 1. The third-order valence-corrected chi connectivity index (χ3v) is 3.12. The molecular weight excluding hydrogens is 278 g/mol. The first-order chi connectivity index (χ1) is 10.1. The Balaban J connectivity index is 2.73. The van der Waals surface area contributed by atoms with Crippen LogP contribution in [0.1, 0.15) is 43.8 Å². The summed E-state index contributed by atoms with van der Waals surface area (Å²) >= 11 is 0. The fourth-order valence-electron chi connectivity index (χ4n) is 2.29. The standard InChI is InChI=1S/C14H15NO6/c1-4-21-13(17)9-8-6-5-7-15(8)11(14(18)20-3)10(9)12(16)19-2/h5,7H,4,6H2,1-3H3. The fraction of sp³-hybridized carbons (Fsp3) is 0.357. The van der Waals surface area contributed by atoms with Crippen molar-refractivity contribution in [2.75, 3.05) is 20.8 Å². The molecule has 0 atom stereocenters. The van der Waals surface area contributed by atoms with Gasteiger partial charge in [-0.15, -0.1) is 0 Å². The van der Waals surface area contributed by atoms with E-state index in [1.165, 1.54) is 18.8 Å². The maximum Gasteiger partial charge on any atom is 0.355 e. The van der Waals surface area contributed by atoms with Crippen molar-refractivity contribution in [2.24, 2.45) is 0 Å². The minimum Gasteiger partial charge on any atom is -0.465 e. The largest absolute Gasteiger partial charge is 0.465 e. The smallest absolute Gasteiger partial charge is 0.355 e. The van der Waals surface area contributed by atoms with Gasteiger partial charge in [0.1, 0.15) is 11.3 Å². The molecule has 112 valence electrons. The van der Waals surface area contributed by atoms with Gasteiger partial charge in [0.25, 0.3) is 0 Å². The lowest BCUT2D eigenvalue weighted by Crippen LogP contribution is -2.16. The number of methoxy groups -OCH3 is 2. The highest BCUT2D eigenvalue weighted by Gasteiger charge is 2.36. The molecule has 0 spiro atoms. The lowest BCUT2D eigenvalue weighted by molar-refractivity contribution is 0.0500. The van der Waals surface area contributed by atoms with Crippen LogP contribution in [0.5, 0.6) is 0 Å². The number of carbonyl (C=O) groups excluding carboxylic acids is 3. The van der Waals surface area contributed by atoms with Crippen molar-refractivity contribution in [1.82, 2.24) is 4.57 Å². The third-order valence-electron chi connectivity index (χ3n) is 3.12. The summed E-state index contributed by atoms with van der Waals surface area (Å²) < 4.78 is 15.8. The van der Waals surface area contributed by atoms with Crippen LogP contribution >= 0.6 is 0 Å². The summed E-state index contributed by atoms with van der Waals surface area (Å²) in [5.41, 5.74) is 0.404. The molecule has 0 saturated carbocycles. The molecule has 2 rings (SSSR count). The van der Waals surface area contributed by atoms with Gasteiger partial charge in [0, 0.05) is 18.3 Å². The van der Waals surface area contributed by atoms with Gasteiger partial charge in [-0.3, -0.25) is 0 Å². The number of esters is 3. The van der Waals surface area contributed by atoms with Crippen LogP contribution in [0.25, 0.3) is 6.20 Å². The molecule has 0 bridgehead atoms. The first-order valence-electron chi connectivity index (χ1n) is 6.34. The lowest BCUT2D eigenvalue weighted by Gasteiger charge is -2.06. The van der Waals surface area contributed by atoms with Gasteiger partial charge in [-0.05, 0) is 6.92 Å². The Morgan fingerprint density at radius 2 is 1.76 bits per heavy atom. The SMILES string of the molecule is CCOC(=O)c1c(C(=O)OC)c(C(=O)OC)n2c1CC=C2. The molecule has 0 N–H and O–H groups in total. The molecule has 1 aromatic rings. The molecule has 0 unspecified atom stereocenters. The van der Waals surface area contributed by atoms with E-state index in [1.807, 2.05) is 0 Å². The van der Waals surface area contributed by atoms with Gasteiger partial charge < -0.3 is 18.8 Å². The minimum absolute atomic E-state index is 0.0313. The summed E-state index contributed by atoms with van der Waals surface area (Å²) in [7, 11) is 2.38. The molecule has 1 aromatic heterocycles. The zero-order chi connectivity index (χ0) is 15.6. The van der Waals surface area contributed by atoms with Crippen molar-refractivity contribution < 1.29 is 28.6 Å². The molecule has 21 heavy (non-hydrogen) atoms. The molecule has 0 fully saturated rings. The van der Waals surface area contributed by atoms with Crippen LogP contribution in [-0.2, 0) is 20.6 Å². The van der Waals surface area contributed by atoms with E-state index in [2.05, 4.69) is 4.74 Å². The molecule has 0 aliphatic carbocycles. The molecule has 7 heteroatoms. The Morgan fingerprint density at radius 1 is 1.10 bits per heavy atom. The van der Waals surface area contributed by atoms with E-state index in [1.54, 1.807) is 19.2 Å². The summed E-state index contributed by atoms with van der Waals surface area (Å²) in [5.74, 6) is -2.17. The predicted octanol–water partition coefficient (Wildman–Crippen LogP) is 1.26. The second-order valence-corrected chi connectivity index (χ2v) is 4.21. The molecule has 0 radical (unpaired) electrons. The van der Waals surface area contributed by atoms with Gasteiger partial charge in [0.15, 0.2) is 0 Å². The number of ether oxygens (including phenoxy) is 3. The van der Waals surface area contributed by atoms with Crippen LogP contribution in [0.15, 0.2) is 6.08 Å². The second-order valence-electron chi connectivity index (χ2n) is 4.21. The van der Waals surface area contributed by atoms with Gasteiger partial charge in [0.05, 0.1) is 26.4 Å². The maximum absolute atomic E-state index is 12.1. The molecule has 0 aromatic carbocycles. The van der Waals surface area contributed by atoms with Crippen molar-refractivity contribution in [1.29, 1.82) is 0 Å². The van der Waals surface area contributed by atoms with Gasteiger partial charge in [-0.25, -0.2) is 14.4 Å². The maximum atomic E-state index is 12.1. The number of aromatic nitrogens is 1. The minimum atomic E-state index is -0.784. The van der Waals surface area contributed by atoms with Gasteiger partial charge in [-0.1, -0.05) is 6.08 Å². The van der Waals surface area contributed by atoms with Crippen LogP contribution < -0.4 is 0 Å². The van der Waals surface area contributed by atoms with Crippen LogP contribution in [0.2, 0.25) is 0 Å². The molecule has 1 aliphatic rings. The number of hydrogen-bond acceptors (Lipinski definition) is 6. The lowest BCUT2D eigenvalue weighted by atomic mass is 10.1. The highest BCUT2D eigenvalue weighted by atomic mass is 16.5. The van der Waals surface area contributed by atoms with Crippen LogP contribution in [-0.4, -0.2) is 43.3 Å². The topological polar surface area (TPSA) is 83.8 Å². The Hall–Kier alpha value is -2.57. The normalized spacial score (nSPS) is 12.0. The third kappa shape index (κ3) is 2.31. The predicted molar refractivity (Wildman–Crippen MR) is 72.1 cm³/mol. The molecule has 1 aliphatic heterocycles. The molecular formula is C14H15NO6. The Bertz CT molecular complexity index is 640. The van der Waals surface area contributed by atoms with Crippen molar-refractivity contribution in [3.63, 3.8) is 0 Å². The van der Waals surface area contributed by atoms with Crippen LogP contribution in [0, 0.1) is 0 Å². The average molecular weight is 293 g/mol. The van der Waals surface area contributed by atoms with E-state index in [9.17, 15) is 14.4 Å². The van der Waals surface area contributed by atoms with Gasteiger partial charge >= 0.3 is 17.9 Å². The Kier molecular flexibility index (Phi) is 4.11. The van der Waals surface area contributed by atoms with E-state index in [4.69, 9.17) is 9.47 Å². The van der Waals surface area contributed by atoms with E-state index in [0.717, 1.165) is 0 Å². The number of allylic oxidation sites excluding steroid dienone is 1. The summed E-state index contributed by atoms with van der Waals surface area (Å²) in [6.07, 6.45) is 3.79. The summed E-state index contributed by atoms with van der Waals surface area (Å²) in [5, 5.41) is 0. The summed E-state index contributed by atoms with van der Waals surface area (Å²) in [4.78, 5) is 36.1. The molecule has 7 nitrogen and oxygen atoms in total. The fourth-order valence-corrected chi connectivity index (χ4v) is 2.29. The zero-order valence-corrected chi connectivity index (χ0v) is 12.0. The second kappa shape index (κ2) is 5.82. The average Bonchev–Trinajstić information content (AvgIpc) is 3.05. The zero-order valence-electron chi connectivity index (χ0n) is 12.0. The van der Waals surface area contributed by atoms with Crippen LogP contribution in [0.3, 0.4) is 0 Å². The van der Waals surface area contributed by atoms with Crippen molar-refractivity contribution >= 4 is 24.1 Å². The van der Waals surface area contributed by atoms with Crippen molar-refractivity contribution in [3.8, 4) is 0 Å². The Labute approximate surface area is 121 Å². The summed E-state index contributed by atoms with van der Waals surface area (Å²) in [6.45, 7) is 1.82. The Morgan fingerprint density at radius 3 is 2.33 bits per heavy atom. The van der Waals surface area contributed by atoms with E-state index < -0.39 is 17.9 Å². The van der Waals surface area contributed by atoms with E-state index in [-0.39, 0.29) is 23.4 Å². The quantitative estimate of drug-likeness (QED) is 0.614. The van der Waals surface area contributed by atoms with Crippen LogP contribution in [0.4, 0.5) is 0 Å². The first kappa shape index (κ1) is 14.8. The number of fused-ring (bicyclic) bond motifs is 1. The number of carbonyl (C=O) groups is 3. The van der Waals surface area contributed by atoms with E-state index in [0.29, 0.717) is 12.1 Å². The highest BCUT2D eigenvalue weighted by Crippen LogP contribution is 2.30. The van der Waals surface area contributed by atoms with Gasteiger partial charge in [0.2, 0.25) is 0 Å². The molecule has 2 heterocycles. The monoisotopic (exact) mass is 293 g/mol. The van der Waals surface area contributed by atoms with E-state index >= 15 is 0 Å². The number of hydrogen-bond donors (Lipinski definition) is 0. The highest BCUT2D eigenvalue weighted by molar-refractivity contribution is 6.11. The van der Waals surface area contributed by atoms with Gasteiger partial charge in [-0.2, -0.15) is 0 Å². The molecule has 0 saturated heterocycles. The summed E-state index contributed by atoms with van der Waals surface area (Å²) in [6, 6.07) is 0. The first-order valence-corrected chi connectivity index (χ1v) is 6.34. The molecule has 0 amide bonds.